The van der Waals surface area contributed by atoms with Gasteiger partial charge in [-0.05, 0) is 37.5 Å². The van der Waals surface area contributed by atoms with Crippen LogP contribution in [0.25, 0.3) is 0 Å². The van der Waals surface area contributed by atoms with Crippen LogP contribution in [0, 0.1) is 5.41 Å². The van der Waals surface area contributed by atoms with Crippen LogP contribution in [-0.2, 0) is 0 Å². The fourth-order valence-corrected chi connectivity index (χ4v) is 4.03. The average Bonchev–Trinajstić information content (AvgIpc) is 3.24. The third-order valence-corrected chi connectivity index (χ3v) is 5.27. The molecule has 0 saturated carbocycles. The Kier molecular flexibility index (Phi) is 15.1. The molecule has 2 aliphatic rings. The summed E-state index contributed by atoms with van der Waals surface area (Å²) in [5, 5.41) is 3.34. The van der Waals surface area contributed by atoms with E-state index in [0.717, 1.165) is 26.1 Å². The molecule has 2 unspecified atom stereocenters. The molecule has 0 bridgehead atoms. The molecule has 3 heteroatoms. The van der Waals surface area contributed by atoms with E-state index in [9.17, 15) is 4.39 Å². The van der Waals surface area contributed by atoms with Crippen LogP contribution >= 0.6 is 0 Å². The van der Waals surface area contributed by atoms with E-state index < -0.39 is 0 Å². The summed E-state index contributed by atoms with van der Waals surface area (Å²) in [6.45, 7) is 19.2. The summed E-state index contributed by atoms with van der Waals surface area (Å²) in [7, 11) is 0. The Bertz CT molecular complexity index is 648. The predicted molar refractivity (Wildman–Crippen MR) is 132 cm³/mol. The topological polar surface area (TPSA) is 15.3 Å². The van der Waals surface area contributed by atoms with Gasteiger partial charge in [0.25, 0.3) is 0 Å². The van der Waals surface area contributed by atoms with Gasteiger partial charge in [-0.3, -0.25) is 4.90 Å². The maximum atomic E-state index is 14.6. The molecule has 1 saturated heterocycles. The highest BCUT2D eigenvalue weighted by Gasteiger charge is 2.45. The first-order valence-electron chi connectivity index (χ1n) is 11.8. The standard InChI is InChI=1S/C21H27FN2.3C2H6/c1-3-8-17(4-2)20(18-9-6-5-7-10-18)24-14-12-21(16-24)15-23-13-11-19(21)22;3*1-2/h3-11,20,23H,12-16H2,1-2H3;3*1-2H3/b8-3-,17-4+;;;. The molecular weight excluding hydrogens is 371 g/mol. The lowest BCUT2D eigenvalue weighted by atomic mass is 9.83. The first kappa shape index (κ1) is 28.3. The minimum Gasteiger partial charge on any atom is -0.312 e. The minimum absolute atomic E-state index is 0.0728. The molecule has 1 N–H and O–H groups in total. The lowest BCUT2D eigenvalue weighted by molar-refractivity contribution is 0.216. The molecule has 1 aromatic rings. The monoisotopic (exact) mass is 416 g/mol. The number of rotatable bonds is 4. The molecule has 2 nitrogen and oxygen atoms in total. The highest BCUT2D eigenvalue weighted by Crippen LogP contribution is 2.44. The molecule has 0 radical (unpaired) electrons. The summed E-state index contributed by atoms with van der Waals surface area (Å²) < 4.78 is 14.6. The number of likely N-dealkylation sites (tertiary alicyclic amines) is 1. The fraction of sp³-hybridized carbons (Fsp3) is 0.556. The van der Waals surface area contributed by atoms with Gasteiger partial charge in [-0.25, -0.2) is 4.39 Å². The molecule has 0 aromatic heterocycles. The third-order valence-electron chi connectivity index (χ3n) is 5.27. The number of nitrogens with zero attached hydrogens (tertiary/aromatic N) is 1. The molecule has 2 aliphatic heterocycles. The summed E-state index contributed by atoms with van der Waals surface area (Å²) >= 11 is 0. The van der Waals surface area contributed by atoms with Crippen molar-refractivity contribution in [2.45, 2.75) is 67.9 Å². The second-order valence-electron chi connectivity index (χ2n) is 6.79. The van der Waals surface area contributed by atoms with Crippen molar-refractivity contribution in [3.8, 4) is 0 Å². The van der Waals surface area contributed by atoms with Crippen molar-refractivity contribution in [3.05, 3.63) is 71.6 Å². The lowest BCUT2D eigenvalue weighted by Crippen LogP contribution is -2.41. The van der Waals surface area contributed by atoms with Crippen LogP contribution in [-0.4, -0.2) is 31.1 Å². The van der Waals surface area contributed by atoms with Gasteiger partial charge in [-0.1, -0.05) is 90.1 Å². The van der Waals surface area contributed by atoms with Gasteiger partial charge in [0.1, 0.15) is 5.83 Å². The molecule has 3 rings (SSSR count). The van der Waals surface area contributed by atoms with Crippen LogP contribution in [0.15, 0.2) is 66.0 Å². The van der Waals surface area contributed by atoms with Crippen LogP contribution in [0.5, 0.6) is 0 Å². The number of hydrogen-bond acceptors (Lipinski definition) is 2. The number of halogens is 1. The van der Waals surface area contributed by atoms with E-state index in [-0.39, 0.29) is 17.3 Å². The highest BCUT2D eigenvalue weighted by molar-refractivity contribution is 5.35. The van der Waals surface area contributed by atoms with E-state index in [1.165, 1.54) is 11.1 Å². The van der Waals surface area contributed by atoms with E-state index in [1.807, 2.05) is 54.5 Å². The molecule has 2 atom stereocenters. The number of benzene rings is 1. The van der Waals surface area contributed by atoms with E-state index >= 15 is 0 Å². The SMILES string of the molecule is C/C=C\C(=C/C)C(c1ccccc1)N1CCC2(CNCC=C2F)C1.CC.CC.CC. The van der Waals surface area contributed by atoms with Crippen LogP contribution in [0.2, 0.25) is 0 Å². The largest absolute Gasteiger partial charge is 0.312 e. The lowest BCUT2D eigenvalue weighted by Gasteiger charge is -2.34. The van der Waals surface area contributed by atoms with Crippen molar-refractivity contribution >= 4 is 0 Å². The summed E-state index contributed by atoms with van der Waals surface area (Å²) in [4.78, 5) is 2.44. The molecule has 1 spiro atoms. The minimum atomic E-state index is -0.347. The Labute approximate surface area is 186 Å². The van der Waals surface area contributed by atoms with Gasteiger partial charge < -0.3 is 5.32 Å². The van der Waals surface area contributed by atoms with Crippen LogP contribution in [0.4, 0.5) is 4.39 Å². The Morgan fingerprint density at radius 3 is 2.23 bits per heavy atom. The fourth-order valence-electron chi connectivity index (χ4n) is 4.03. The summed E-state index contributed by atoms with van der Waals surface area (Å²) in [6, 6.07) is 10.7. The normalized spacial score (nSPS) is 22.2. The molecule has 1 fully saturated rings. The van der Waals surface area contributed by atoms with Crippen molar-refractivity contribution < 1.29 is 4.39 Å². The second kappa shape index (κ2) is 16.0. The van der Waals surface area contributed by atoms with Gasteiger partial charge in [0.15, 0.2) is 0 Å². The molecule has 30 heavy (non-hydrogen) atoms. The second-order valence-corrected chi connectivity index (χ2v) is 6.79. The van der Waals surface area contributed by atoms with Crippen LogP contribution < -0.4 is 5.32 Å². The van der Waals surface area contributed by atoms with Gasteiger partial charge in [-0.15, -0.1) is 0 Å². The molecule has 1 aromatic carbocycles. The maximum absolute atomic E-state index is 14.6. The predicted octanol–water partition coefficient (Wildman–Crippen LogP) is 7.48. The summed E-state index contributed by atoms with van der Waals surface area (Å²) in [6.07, 6.45) is 9.02. The molecule has 2 heterocycles. The van der Waals surface area contributed by atoms with Crippen molar-refractivity contribution in [3.63, 3.8) is 0 Å². The first-order valence-corrected chi connectivity index (χ1v) is 11.8. The van der Waals surface area contributed by atoms with Crippen LogP contribution in [0.3, 0.4) is 0 Å². The van der Waals surface area contributed by atoms with Crippen LogP contribution in [0.1, 0.15) is 73.4 Å². The van der Waals surface area contributed by atoms with Crippen molar-refractivity contribution in [1.82, 2.24) is 10.2 Å². The van der Waals surface area contributed by atoms with Gasteiger partial charge in [0, 0.05) is 31.6 Å². The molecule has 170 valence electrons. The van der Waals surface area contributed by atoms with Gasteiger partial charge in [-0.2, -0.15) is 0 Å². The van der Waals surface area contributed by atoms with E-state index in [2.05, 4.69) is 59.6 Å². The highest BCUT2D eigenvalue weighted by atomic mass is 19.1. The Balaban J connectivity index is 0.00000129. The third kappa shape index (κ3) is 7.21. The smallest absolute Gasteiger partial charge is 0.106 e. The Morgan fingerprint density at radius 1 is 1.07 bits per heavy atom. The number of allylic oxidation sites excluding steroid dienone is 2. The molecule has 0 amide bonds. The first-order chi connectivity index (χ1) is 14.7. The summed E-state index contributed by atoms with van der Waals surface area (Å²) in [5.74, 6) is 0.0728. The van der Waals surface area contributed by atoms with E-state index in [0.29, 0.717) is 6.54 Å². The van der Waals surface area contributed by atoms with Crippen molar-refractivity contribution in [1.29, 1.82) is 0 Å². The number of hydrogen-bond donors (Lipinski definition) is 1. The van der Waals surface area contributed by atoms with Crippen molar-refractivity contribution in [2.24, 2.45) is 5.41 Å². The zero-order chi connectivity index (χ0) is 23.0. The average molecular weight is 417 g/mol. The van der Waals surface area contributed by atoms with Gasteiger partial charge in [0.05, 0.1) is 6.04 Å². The van der Waals surface area contributed by atoms with Gasteiger partial charge >= 0.3 is 0 Å². The van der Waals surface area contributed by atoms with Gasteiger partial charge in [0.2, 0.25) is 0 Å². The van der Waals surface area contributed by atoms with E-state index in [4.69, 9.17) is 0 Å². The Morgan fingerprint density at radius 2 is 1.70 bits per heavy atom. The quantitative estimate of drug-likeness (QED) is 0.512. The molecule has 0 aliphatic carbocycles. The number of nitrogens with one attached hydrogen (secondary N) is 1. The zero-order valence-corrected chi connectivity index (χ0v) is 20.6. The maximum Gasteiger partial charge on any atom is 0.106 e. The van der Waals surface area contributed by atoms with Crippen molar-refractivity contribution in [2.75, 3.05) is 26.2 Å². The van der Waals surface area contributed by atoms with E-state index in [1.54, 1.807) is 6.08 Å². The molecular formula is C27H45FN2. The summed E-state index contributed by atoms with van der Waals surface area (Å²) in [5.41, 5.74) is 2.20. The Hall–Kier alpha value is -1.71. The zero-order valence-electron chi connectivity index (χ0n) is 20.6.